The maximum atomic E-state index is 11.8. The first-order valence-electron chi connectivity index (χ1n) is 6.99. The molecule has 2 rings (SSSR count). The highest BCUT2D eigenvalue weighted by Gasteiger charge is 2.15. The first-order valence-corrected chi connectivity index (χ1v) is 6.99. The van der Waals surface area contributed by atoms with Crippen LogP contribution < -0.4 is 10.6 Å². The van der Waals surface area contributed by atoms with E-state index in [0.717, 1.165) is 43.7 Å². The second-order valence-electron chi connectivity index (χ2n) is 4.82. The van der Waals surface area contributed by atoms with Gasteiger partial charge in [-0.2, -0.15) is 0 Å². The molecule has 0 aromatic heterocycles. The van der Waals surface area contributed by atoms with Gasteiger partial charge in [-0.15, -0.1) is 0 Å². The Morgan fingerprint density at radius 1 is 1.42 bits per heavy atom. The van der Waals surface area contributed by atoms with Crippen molar-refractivity contribution in [3.8, 4) is 0 Å². The van der Waals surface area contributed by atoms with Crippen LogP contribution in [-0.4, -0.2) is 31.7 Å². The van der Waals surface area contributed by atoms with Crippen molar-refractivity contribution in [2.75, 3.05) is 25.0 Å². The zero-order valence-corrected chi connectivity index (χ0v) is 11.4. The van der Waals surface area contributed by atoms with Crippen LogP contribution >= 0.6 is 0 Å². The number of para-hydroxylation sites is 1. The molecule has 1 fully saturated rings. The lowest BCUT2D eigenvalue weighted by Gasteiger charge is -2.12. The molecule has 2 N–H and O–H groups in total. The van der Waals surface area contributed by atoms with Crippen LogP contribution in [0.3, 0.4) is 0 Å². The summed E-state index contributed by atoms with van der Waals surface area (Å²) in [5, 5.41) is 6.09. The number of hydrogen-bond donors (Lipinski definition) is 2. The van der Waals surface area contributed by atoms with E-state index in [2.05, 4.69) is 17.6 Å². The molecule has 1 atom stereocenters. The van der Waals surface area contributed by atoms with Crippen molar-refractivity contribution in [2.45, 2.75) is 32.3 Å². The number of aryl methyl sites for hydroxylation is 1. The zero-order valence-electron chi connectivity index (χ0n) is 11.4. The van der Waals surface area contributed by atoms with Gasteiger partial charge in [-0.25, -0.2) is 0 Å². The van der Waals surface area contributed by atoms with Crippen LogP contribution in [-0.2, 0) is 16.0 Å². The number of benzene rings is 1. The van der Waals surface area contributed by atoms with Gasteiger partial charge in [-0.3, -0.25) is 4.79 Å². The molecule has 0 aliphatic carbocycles. The minimum Gasteiger partial charge on any atom is -0.377 e. The Morgan fingerprint density at radius 3 is 3.00 bits per heavy atom. The van der Waals surface area contributed by atoms with Gasteiger partial charge in [0.1, 0.15) is 0 Å². The van der Waals surface area contributed by atoms with Crippen LogP contribution in [0.1, 0.15) is 25.3 Å². The summed E-state index contributed by atoms with van der Waals surface area (Å²) in [7, 11) is 0. The third kappa shape index (κ3) is 4.33. The second kappa shape index (κ2) is 7.26. The largest absolute Gasteiger partial charge is 0.377 e. The first-order chi connectivity index (χ1) is 9.29. The number of carbonyl (C=O) groups excluding carboxylic acids is 1. The number of amides is 1. The number of carbonyl (C=O) groups is 1. The zero-order chi connectivity index (χ0) is 13.5. The third-order valence-electron chi connectivity index (χ3n) is 3.35. The highest BCUT2D eigenvalue weighted by molar-refractivity contribution is 5.92. The molecule has 104 valence electrons. The smallest absolute Gasteiger partial charge is 0.238 e. The molecule has 0 spiro atoms. The minimum atomic E-state index is -0.00102. The SMILES string of the molecule is CCc1ccccc1NC(=O)CNCC1CCCO1. The van der Waals surface area contributed by atoms with E-state index in [-0.39, 0.29) is 12.0 Å². The number of ether oxygens (including phenoxy) is 1. The average molecular weight is 262 g/mol. The second-order valence-corrected chi connectivity index (χ2v) is 4.82. The number of rotatable bonds is 6. The normalized spacial score (nSPS) is 18.5. The van der Waals surface area contributed by atoms with Crippen LogP contribution in [0.25, 0.3) is 0 Å². The standard InChI is InChI=1S/C15H22N2O2/c1-2-12-6-3-4-8-14(12)17-15(18)11-16-10-13-7-5-9-19-13/h3-4,6,8,13,16H,2,5,7,9-11H2,1H3,(H,17,18). The van der Waals surface area contributed by atoms with Crippen LogP contribution in [0.2, 0.25) is 0 Å². The third-order valence-corrected chi connectivity index (χ3v) is 3.35. The monoisotopic (exact) mass is 262 g/mol. The fraction of sp³-hybridized carbons (Fsp3) is 0.533. The molecule has 1 aromatic carbocycles. The van der Waals surface area contributed by atoms with Crippen LogP contribution in [0.15, 0.2) is 24.3 Å². The summed E-state index contributed by atoms with van der Waals surface area (Å²) in [5.41, 5.74) is 2.07. The highest BCUT2D eigenvalue weighted by atomic mass is 16.5. The maximum Gasteiger partial charge on any atom is 0.238 e. The van der Waals surface area contributed by atoms with E-state index in [9.17, 15) is 4.79 Å². The molecule has 1 heterocycles. The number of nitrogens with one attached hydrogen (secondary N) is 2. The summed E-state index contributed by atoms with van der Waals surface area (Å²) in [6.45, 7) is 4.02. The minimum absolute atomic E-state index is 0.00102. The number of anilines is 1. The molecular weight excluding hydrogens is 240 g/mol. The van der Waals surface area contributed by atoms with Crippen LogP contribution in [0.4, 0.5) is 5.69 Å². The molecule has 19 heavy (non-hydrogen) atoms. The van der Waals surface area contributed by atoms with Gasteiger partial charge in [0.05, 0.1) is 12.6 Å². The summed E-state index contributed by atoms with van der Waals surface area (Å²) >= 11 is 0. The van der Waals surface area contributed by atoms with Crippen molar-refractivity contribution >= 4 is 11.6 Å². The Hall–Kier alpha value is -1.39. The summed E-state index contributed by atoms with van der Waals surface area (Å²) in [6.07, 6.45) is 3.41. The lowest BCUT2D eigenvalue weighted by Crippen LogP contribution is -2.33. The van der Waals surface area contributed by atoms with Gasteiger partial charge >= 0.3 is 0 Å². The van der Waals surface area contributed by atoms with Gasteiger partial charge in [0, 0.05) is 18.8 Å². The molecule has 1 saturated heterocycles. The Kier molecular flexibility index (Phi) is 5.36. The quantitative estimate of drug-likeness (QED) is 0.824. The average Bonchev–Trinajstić information content (AvgIpc) is 2.92. The summed E-state index contributed by atoms with van der Waals surface area (Å²) in [4.78, 5) is 11.8. The lowest BCUT2D eigenvalue weighted by atomic mass is 10.1. The van der Waals surface area contributed by atoms with Crippen LogP contribution in [0, 0.1) is 0 Å². The Bertz CT molecular complexity index is 414. The Morgan fingerprint density at radius 2 is 2.26 bits per heavy atom. The van der Waals surface area contributed by atoms with E-state index in [0.29, 0.717) is 6.54 Å². The molecule has 4 nitrogen and oxygen atoms in total. The van der Waals surface area contributed by atoms with Gasteiger partial charge in [-0.1, -0.05) is 25.1 Å². The molecule has 0 radical (unpaired) electrons. The fourth-order valence-electron chi connectivity index (χ4n) is 2.30. The van der Waals surface area contributed by atoms with E-state index in [1.54, 1.807) is 0 Å². The van der Waals surface area contributed by atoms with Gasteiger partial charge in [0.25, 0.3) is 0 Å². The molecule has 0 saturated carbocycles. The van der Waals surface area contributed by atoms with Crippen molar-refractivity contribution < 1.29 is 9.53 Å². The molecular formula is C15H22N2O2. The molecule has 1 aliphatic rings. The van der Waals surface area contributed by atoms with Gasteiger partial charge in [-0.05, 0) is 30.9 Å². The van der Waals surface area contributed by atoms with Crippen molar-refractivity contribution in [2.24, 2.45) is 0 Å². The Labute approximate surface area is 114 Å². The van der Waals surface area contributed by atoms with Gasteiger partial charge < -0.3 is 15.4 Å². The van der Waals surface area contributed by atoms with Crippen molar-refractivity contribution in [3.63, 3.8) is 0 Å². The predicted octanol–water partition coefficient (Wildman–Crippen LogP) is 1.96. The van der Waals surface area contributed by atoms with Gasteiger partial charge in [0.2, 0.25) is 5.91 Å². The first kappa shape index (κ1) is 14.0. The molecule has 0 bridgehead atoms. The fourth-order valence-corrected chi connectivity index (χ4v) is 2.30. The van der Waals surface area contributed by atoms with E-state index in [1.807, 2.05) is 24.3 Å². The van der Waals surface area contributed by atoms with Crippen molar-refractivity contribution in [1.82, 2.24) is 5.32 Å². The van der Waals surface area contributed by atoms with E-state index in [1.165, 1.54) is 0 Å². The molecule has 4 heteroatoms. The predicted molar refractivity (Wildman–Crippen MR) is 76.3 cm³/mol. The van der Waals surface area contributed by atoms with E-state index >= 15 is 0 Å². The van der Waals surface area contributed by atoms with E-state index < -0.39 is 0 Å². The summed E-state index contributed by atoms with van der Waals surface area (Å²) in [5.74, 6) is -0.00102. The summed E-state index contributed by atoms with van der Waals surface area (Å²) in [6, 6.07) is 7.91. The Balaban J connectivity index is 1.74. The molecule has 1 amide bonds. The van der Waals surface area contributed by atoms with Gasteiger partial charge in [0.15, 0.2) is 0 Å². The lowest BCUT2D eigenvalue weighted by molar-refractivity contribution is -0.115. The van der Waals surface area contributed by atoms with Crippen molar-refractivity contribution in [3.05, 3.63) is 29.8 Å². The molecule has 1 unspecified atom stereocenters. The van der Waals surface area contributed by atoms with Crippen molar-refractivity contribution in [1.29, 1.82) is 0 Å². The maximum absolute atomic E-state index is 11.8. The molecule has 1 aromatic rings. The van der Waals surface area contributed by atoms with E-state index in [4.69, 9.17) is 4.74 Å². The summed E-state index contributed by atoms with van der Waals surface area (Å²) < 4.78 is 5.50. The topological polar surface area (TPSA) is 50.4 Å². The molecule has 1 aliphatic heterocycles. The van der Waals surface area contributed by atoms with Crippen LogP contribution in [0.5, 0.6) is 0 Å². The number of hydrogen-bond acceptors (Lipinski definition) is 3. The highest BCUT2D eigenvalue weighted by Crippen LogP contribution is 2.15.